The molecule has 0 N–H and O–H groups in total. The zero-order valence-corrected chi connectivity index (χ0v) is 13.7. The molecule has 2 aromatic rings. The van der Waals surface area contributed by atoms with Crippen molar-refractivity contribution < 1.29 is 14.3 Å². The van der Waals surface area contributed by atoms with Crippen LogP contribution in [-0.2, 0) is 6.42 Å². The Labute approximate surface area is 136 Å². The van der Waals surface area contributed by atoms with Gasteiger partial charge in [0, 0.05) is 17.3 Å². The van der Waals surface area contributed by atoms with Crippen LogP contribution in [-0.4, -0.2) is 26.2 Å². The number of hydrogen-bond donors (Lipinski definition) is 0. The molecule has 1 amide bonds. The third kappa shape index (κ3) is 2.77. The SMILES string of the molecule is COc1ccc(C(=O)N2c3ccccc3CCC2C)cc1OC. The highest BCUT2D eigenvalue weighted by Crippen LogP contribution is 2.33. The maximum Gasteiger partial charge on any atom is 0.258 e. The van der Waals surface area contributed by atoms with E-state index in [1.165, 1.54) is 5.56 Å². The van der Waals surface area contributed by atoms with Crippen molar-refractivity contribution in [3.8, 4) is 11.5 Å². The summed E-state index contributed by atoms with van der Waals surface area (Å²) in [5.41, 5.74) is 2.83. The van der Waals surface area contributed by atoms with Crippen LogP contribution in [0.25, 0.3) is 0 Å². The first-order valence-corrected chi connectivity index (χ1v) is 7.79. The van der Waals surface area contributed by atoms with Crippen molar-refractivity contribution >= 4 is 11.6 Å². The van der Waals surface area contributed by atoms with E-state index < -0.39 is 0 Å². The largest absolute Gasteiger partial charge is 0.493 e. The number of anilines is 1. The number of nitrogens with zero attached hydrogens (tertiary/aromatic N) is 1. The molecule has 0 spiro atoms. The highest BCUT2D eigenvalue weighted by molar-refractivity contribution is 6.07. The molecule has 0 saturated heterocycles. The van der Waals surface area contributed by atoms with Crippen LogP contribution in [0.3, 0.4) is 0 Å². The number of amides is 1. The molecule has 2 aromatic carbocycles. The Morgan fingerprint density at radius 3 is 2.57 bits per heavy atom. The number of ether oxygens (including phenoxy) is 2. The normalized spacial score (nSPS) is 16.7. The molecule has 1 aliphatic rings. The lowest BCUT2D eigenvalue weighted by atomic mass is 9.95. The van der Waals surface area contributed by atoms with E-state index in [2.05, 4.69) is 13.0 Å². The summed E-state index contributed by atoms with van der Waals surface area (Å²) in [5, 5.41) is 0. The van der Waals surface area contributed by atoms with Crippen LogP contribution in [0.2, 0.25) is 0 Å². The third-order valence-corrected chi connectivity index (χ3v) is 4.37. The number of carbonyl (C=O) groups is 1. The van der Waals surface area contributed by atoms with Crippen molar-refractivity contribution in [2.75, 3.05) is 19.1 Å². The highest BCUT2D eigenvalue weighted by Gasteiger charge is 2.29. The average Bonchev–Trinajstić information content (AvgIpc) is 2.60. The van der Waals surface area contributed by atoms with Gasteiger partial charge in [-0.2, -0.15) is 0 Å². The Bertz CT molecular complexity index is 726. The van der Waals surface area contributed by atoms with Gasteiger partial charge in [-0.1, -0.05) is 18.2 Å². The summed E-state index contributed by atoms with van der Waals surface area (Å²) in [5.74, 6) is 1.18. The van der Waals surface area contributed by atoms with Crippen LogP contribution in [0.5, 0.6) is 11.5 Å². The molecule has 1 aliphatic heterocycles. The second kappa shape index (κ2) is 6.32. The van der Waals surface area contributed by atoms with Gasteiger partial charge in [0.1, 0.15) is 0 Å². The fourth-order valence-electron chi connectivity index (χ4n) is 3.11. The molecule has 120 valence electrons. The van der Waals surface area contributed by atoms with E-state index in [-0.39, 0.29) is 11.9 Å². The molecular formula is C19H21NO3. The van der Waals surface area contributed by atoms with Gasteiger partial charge in [-0.15, -0.1) is 0 Å². The monoisotopic (exact) mass is 311 g/mol. The smallest absolute Gasteiger partial charge is 0.258 e. The lowest BCUT2D eigenvalue weighted by Gasteiger charge is -2.35. The van der Waals surface area contributed by atoms with Gasteiger partial charge in [0.15, 0.2) is 11.5 Å². The van der Waals surface area contributed by atoms with Crippen molar-refractivity contribution in [1.29, 1.82) is 0 Å². The summed E-state index contributed by atoms with van der Waals surface area (Å²) >= 11 is 0. The van der Waals surface area contributed by atoms with Crippen LogP contribution in [0.15, 0.2) is 42.5 Å². The standard InChI is InChI=1S/C19H21NO3/c1-13-8-9-14-6-4-5-7-16(14)20(13)19(21)15-10-11-17(22-2)18(12-15)23-3/h4-7,10-13H,8-9H2,1-3H3. The molecule has 1 heterocycles. The molecule has 3 rings (SSSR count). The Balaban J connectivity index is 2.00. The van der Waals surface area contributed by atoms with Gasteiger partial charge in [0.25, 0.3) is 5.91 Å². The quantitative estimate of drug-likeness (QED) is 0.868. The van der Waals surface area contributed by atoms with E-state index in [4.69, 9.17) is 9.47 Å². The molecule has 0 bridgehead atoms. The van der Waals surface area contributed by atoms with Crippen molar-refractivity contribution in [3.63, 3.8) is 0 Å². The summed E-state index contributed by atoms with van der Waals surface area (Å²) < 4.78 is 10.6. The van der Waals surface area contributed by atoms with Crippen LogP contribution < -0.4 is 14.4 Å². The fraction of sp³-hybridized carbons (Fsp3) is 0.316. The van der Waals surface area contributed by atoms with E-state index in [0.717, 1.165) is 18.5 Å². The second-order valence-corrected chi connectivity index (χ2v) is 5.76. The summed E-state index contributed by atoms with van der Waals surface area (Å²) in [7, 11) is 3.16. The number of rotatable bonds is 3. The molecule has 0 saturated carbocycles. The zero-order valence-electron chi connectivity index (χ0n) is 13.7. The minimum absolute atomic E-state index is 0.00870. The minimum atomic E-state index is -0.00870. The van der Waals surface area contributed by atoms with Crippen molar-refractivity contribution in [3.05, 3.63) is 53.6 Å². The molecule has 1 atom stereocenters. The molecule has 0 aliphatic carbocycles. The number of hydrogen-bond acceptors (Lipinski definition) is 3. The minimum Gasteiger partial charge on any atom is -0.493 e. The predicted octanol–water partition coefficient (Wildman–Crippen LogP) is 3.69. The van der Waals surface area contributed by atoms with Gasteiger partial charge >= 0.3 is 0 Å². The summed E-state index contributed by atoms with van der Waals surface area (Å²) in [4.78, 5) is 15.0. The summed E-state index contributed by atoms with van der Waals surface area (Å²) in [6.45, 7) is 2.09. The van der Waals surface area contributed by atoms with Gasteiger partial charge in [0.2, 0.25) is 0 Å². The van der Waals surface area contributed by atoms with Gasteiger partial charge in [-0.05, 0) is 49.6 Å². The molecule has 1 unspecified atom stereocenters. The number of methoxy groups -OCH3 is 2. The first-order valence-electron chi connectivity index (χ1n) is 7.79. The van der Waals surface area contributed by atoms with Gasteiger partial charge in [0.05, 0.1) is 14.2 Å². The topological polar surface area (TPSA) is 38.8 Å². The van der Waals surface area contributed by atoms with Crippen molar-refractivity contribution in [2.24, 2.45) is 0 Å². The van der Waals surface area contributed by atoms with Crippen LogP contribution >= 0.6 is 0 Å². The molecule has 23 heavy (non-hydrogen) atoms. The number of fused-ring (bicyclic) bond motifs is 1. The molecule has 0 radical (unpaired) electrons. The predicted molar refractivity (Wildman–Crippen MR) is 90.6 cm³/mol. The molecule has 4 heteroatoms. The number of para-hydroxylation sites is 1. The van der Waals surface area contributed by atoms with E-state index >= 15 is 0 Å². The third-order valence-electron chi connectivity index (χ3n) is 4.37. The first-order chi connectivity index (χ1) is 11.2. The van der Waals surface area contributed by atoms with Crippen LogP contribution in [0, 0.1) is 0 Å². The Morgan fingerprint density at radius 1 is 1.09 bits per heavy atom. The van der Waals surface area contributed by atoms with E-state index in [9.17, 15) is 4.79 Å². The number of aryl methyl sites for hydroxylation is 1. The highest BCUT2D eigenvalue weighted by atomic mass is 16.5. The van der Waals surface area contributed by atoms with Gasteiger partial charge < -0.3 is 14.4 Å². The first kappa shape index (κ1) is 15.4. The van der Waals surface area contributed by atoms with E-state index in [1.807, 2.05) is 23.1 Å². The summed E-state index contributed by atoms with van der Waals surface area (Å²) in [6, 6.07) is 13.6. The van der Waals surface area contributed by atoms with Crippen LogP contribution in [0.4, 0.5) is 5.69 Å². The lowest BCUT2D eigenvalue weighted by Crippen LogP contribution is -2.42. The van der Waals surface area contributed by atoms with Gasteiger partial charge in [-0.25, -0.2) is 0 Å². The van der Waals surface area contributed by atoms with E-state index in [0.29, 0.717) is 17.1 Å². The Morgan fingerprint density at radius 2 is 1.83 bits per heavy atom. The maximum atomic E-state index is 13.1. The molecule has 0 aromatic heterocycles. The number of benzene rings is 2. The molecule has 4 nitrogen and oxygen atoms in total. The molecular weight excluding hydrogens is 290 g/mol. The fourth-order valence-corrected chi connectivity index (χ4v) is 3.11. The zero-order chi connectivity index (χ0) is 16.4. The maximum absolute atomic E-state index is 13.1. The van der Waals surface area contributed by atoms with Crippen molar-refractivity contribution in [1.82, 2.24) is 0 Å². The molecule has 0 fully saturated rings. The van der Waals surface area contributed by atoms with E-state index in [1.54, 1.807) is 32.4 Å². The lowest BCUT2D eigenvalue weighted by molar-refractivity contribution is 0.0975. The average molecular weight is 311 g/mol. The van der Waals surface area contributed by atoms with Crippen molar-refractivity contribution in [2.45, 2.75) is 25.8 Å². The Hall–Kier alpha value is -2.49. The Kier molecular flexibility index (Phi) is 4.24. The van der Waals surface area contributed by atoms with Crippen LogP contribution in [0.1, 0.15) is 29.3 Å². The van der Waals surface area contributed by atoms with Gasteiger partial charge in [-0.3, -0.25) is 4.79 Å². The second-order valence-electron chi connectivity index (χ2n) is 5.76. The number of carbonyl (C=O) groups excluding carboxylic acids is 1. The summed E-state index contributed by atoms with van der Waals surface area (Å²) in [6.07, 6.45) is 1.98.